The summed E-state index contributed by atoms with van der Waals surface area (Å²) in [5, 5.41) is 3.35. The normalized spacial score (nSPS) is 15.7. The van der Waals surface area contributed by atoms with Gasteiger partial charge in [-0.2, -0.15) is 0 Å². The molecule has 0 saturated heterocycles. The summed E-state index contributed by atoms with van der Waals surface area (Å²) in [6, 6.07) is 7.83. The number of aromatic nitrogens is 2. The maximum absolute atomic E-state index is 12.0. The third kappa shape index (κ3) is 2.90. The van der Waals surface area contributed by atoms with Gasteiger partial charge in [-0.05, 0) is 25.0 Å². The van der Waals surface area contributed by atoms with Gasteiger partial charge in [-0.1, -0.05) is 36.6 Å². The topological polar surface area (TPSA) is 54.9 Å². The number of para-hydroxylation sites is 2. The molecule has 0 atom stereocenters. The lowest BCUT2D eigenvalue weighted by Gasteiger charge is -2.12. The highest BCUT2D eigenvalue weighted by Crippen LogP contribution is 2.19. The Hall–Kier alpha value is -1.68. The van der Waals surface area contributed by atoms with E-state index in [2.05, 4.69) is 15.3 Å². The monoisotopic (exact) mass is 289 g/mol. The molecule has 0 radical (unpaired) electrons. The summed E-state index contributed by atoms with van der Waals surface area (Å²) in [5.41, 5.74) is 2.05. The lowest BCUT2D eigenvalue weighted by molar-refractivity contribution is -0.121. The van der Waals surface area contributed by atoms with E-state index in [0.29, 0.717) is 16.9 Å². The Morgan fingerprint density at radius 3 is 2.55 bits per heavy atom. The van der Waals surface area contributed by atoms with Crippen LogP contribution in [0.3, 0.4) is 0 Å². The standard InChI is InChI=1S/C15H16ClN3O/c16-15-13(9-14(20)17-10-5-1-2-6-10)18-11-7-3-4-8-12(11)19-15/h3-4,7-8,10H,1-2,5-6,9H2,(H,17,20). The second kappa shape index (κ2) is 5.75. The fourth-order valence-corrected chi connectivity index (χ4v) is 2.83. The molecule has 104 valence electrons. The molecule has 2 aromatic rings. The van der Waals surface area contributed by atoms with E-state index in [9.17, 15) is 4.79 Å². The second-order valence-electron chi connectivity index (χ2n) is 5.18. The molecule has 1 amide bonds. The van der Waals surface area contributed by atoms with Gasteiger partial charge in [-0.15, -0.1) is 0 Å². The van der Waals surface area contributed by atoms with Crippen LogP contribution in [0.4, 0.5) is 0 Å². The predicted octanol–water partition coefficient (Wildman–Crippen LogP) is 2.88. The molecule has 0 aliphatic heterocycles. The molecule has 1 aliphatic carbocycles. The first-order valence-electron chi connectivity index (χ1n) is 6.93. The van der Waals surface area contributed by atoms with Crippen LogP contribution in [0.1, 0.15) is 31.4 Å². The molecular formula is C15H16ClN3O. The Kier molecular flexibility index (Phi) is 3.83. The smallest absolute Gasteiger partial charge is 0.226 e. The first kappa shape index (κ1) is 13.3. The van der Waals surface area contributed by atoms with Gasteiger partial charge in [0.1, 0.15) is 0 Å². The van der Waals surface area contributed by atoms with Crippen LogP contribution in [0, 0.1) is 0 Å². The van der Waals surface area contributed by atoms with E-state index in [1.54, 1.807) is 0 Å². The van der Waals surface area contributed by atoms with E-state index in [-0.39, 0.29) is 12.3 Å². The SMILES string of the molecule is O=C(Cc1nc2ccccc2nc1Cl)NC1CCCC1. The van der Waals surface area contributed by atoms with Gasteiger partial charge >= 0.3 is 0 Å². The van der Waals surface area contributed by atoms with E-state index >= 15 is 0 Å². The van der Waals surface area contributed by atoms with Crippen molar-refractivity contribution >= 4 is 28.5 Å². The Bertz CT molecular complexity index is 638. The van der Waals surface area contributed by atoms with Crippen molar-refractivity contribution in [3.05, 3.63) is 35.1 Å². The van der Waals surface area contributed by atoms with Crippen molar-refractivity contribution in [2.45, 2.75) is 38.1 Å². The Balaban J connectivity index is 1.76. The van der Waals surface area contributed by atoms with Crippen molar-refractivity contribution < 1.29 is 4.79 Å². The van der Waals surface area contributed by atoms with Crippen LogP contribution in [0.5, 0.6) is 0 Å². The molecule has 1 fully saturated rings. The summed E-state index contributed by atoms with van der Waals surface area (Å²) in [7, 11) is 0. The minimum Gasteiger partial charge on any atom is -0.353 e. The summed E-state index contributed by atoms with van der Waals surface area (Å²) in [6.45, 7) is 0. The van der Waals surface area contributed by atoms with Gasteiger partial charge in [0.15, 0.2) is 5.15 Å². The van der Waals surface area contributed by atoms with Crippen LogP contribution in [-0.2, 0) is 11.2 Å². The lowest BCUT2D eigenvalue weighted by Crippen LogP contribution is -2.34. The number of nitrogens with one attached hydrogen (secondary N) is 1. The highest BCUT2D eigenvalue weighted by Gasteiger charge is 2.18. The van der Waals surface area contributed by atoms with Crippen molar-refractivity contribution in [2.24, 2.45) is 0 Å². The van der Waals surface area contributed by atoms with Gasteiger partial charge in [0.25, 0.3) is 0 Å². The van der Waals surface area contributed by atoms with Crippen molar-refractivity contribution in [1.29, 1.82) is 0 Å². The fourth-order valence-electron chi connectivity index (χ4n) is 2.63. The van der Waals surface area contributed by atoms with Crippen molar-refractivity contribution in [1.82, 2.24) is 15.3 Å². The number of carbonyl (C=O) groups is 1. The first-order valence-corrected chi connectivity index (χ1v) is 7.31. The minimum atomic E-state index is -0.0246. The van der Waals surface area contributed by atoms with Crippen LogP contribution in [0.2, 0.25) is 5.15 Å². The number of hydrogen-bond acceptors (Lipinski definition) is 3. The Morgan fingerprint density at radius 1 is 1.20 bits per heavy atom. The highest BCUT2D eigenvalue weighted by molar-refractivity contribution is 6.30. The Labute approximate surface area is 122 Å². The number of halogens is 1. The molecule has 1 heterocycles. The van der Waals surface area contributed by atoms with Gasteiger partial charge in [0, 0.05) is 6.04 Å². The van der Waals surface area contributed by atoms with E-state index in [0.717, 1.165) is 23.9 Å². The summed E-state index contributed by atoms with van der Waals surface area (Å²) in [5.74, 6) is -0.0246. The molecule has 1 N–H and O–H groups in total. The molecule has 5 heteroatoms. The maximum Gasteiger partial charge on any atom is 0.226 e. The first-order chi connectivity index (χ1) is 9.72. The second-order valence-corrected chi connectivity index (χ2v) is 5.53. The molecule has 1 aromatic heterocycles. The summed E-state index contributed by atoms with van der Waals surface area (Å²) < 4.78 is 0. The van der Waals surface area contributed by atoms with E-state index in [1.807, 2.05) is 24.3 Å². The van der Waals surface area contributed by atoms with Crippen molar-refractivity contribution in [2.75, 3.05) is 0 Å². The molecule has 1 saturated carbocycles. The molecule has 1 aliphatic rings. The van der Waals surface area contributed by atoms with Gasteiger partial charge in [0.05, 0.1) is 23.1 Å². The van der Waals surface area contributed by atoms with E-state index in [4.69, 9.17) is 11.6 Å². The molecule has 20 heavy (non-hydrogen) atoms. The van der Waals surface area contributed by atoms with Crippen molar-refractivity contribution in [3.8, 4) is 0 Å². The molecule has 0 bridgehead atoms. The van der Waals surface area contributed by atoms with E-state index < -0.39 is 0 Å². The number of fused-ring (bicyclic) bond motifs is 1. The summed E-state index contributed by atoms with van der Waals surface area (Å²) >= 11 is 6.11. The number of rotatable bonds is 3. The van der Waals surface area contributed by atoms with Crippen LogP contribution < -0.4 is 5.32 Å². The molecule has 0 unspecified atom stereocenters. The molecule has 1 aromatic carbocycles. The number of hydrogen-bond donors (Lipinski definition) is 1. The maximum atomic E-state index is 12.0. The van der Waals surface area contributed by atoms with Gasteiger partial charge in [-0.25, -0.2) is 9.97 Å². The third-order valence-corrected chi connectivity index (χ3v) is 3.94. The third-order valence-electron chi connectivity index (χ3n) is 3.64. The van der Waals surface area contributed by atoms with Crippen molar-refractivity contribution in [3.63, 3.8) is 0 Å². The zero-order valence-electron chi connectivity index (χ0n) is 11.1. The predicted molar refractivity (Wildman–Crippen MR) is 78.7 cm³/mol. The molecule has 3 rings (SSSR count). The van der Waals surface area contributed by atoms with E-state index in [1.165, 1.54) is 12.8 Å². The number of benzene rings is 1. The fraction of sp³-hybridized carbons (Fsp3) is 0.400. The van der Waals surface area contributed by atoms with Crippen LogP contribution in [0.15, 0.2) is 24.3 Å². The summed E-state index contributed by atoms with van der Waals surface area (Å²) in [6.07, 6.45) is 4.72. The average Bonchev–Trinajstić information content (AvgIpc) is 2.92. The van der Waals surface area contributed by atoms with Gasteiger partial charge < -0.3 is 5.32 Å². The largest absolute Gasteiger partial charge is 0.353 e. The van der Waals surface area contributed by atoms with Gasteiger partial charge in [0.2, 0.25) is 5.91 Å². The molecule has 0 spiro atoms. The number of carbonyl (C=O) groups excluding carboxylic acids is 1. The van der Waals surface area contributed by atoms with Crippen LogP contribution >= 0.6 is 11.6 Å². The summed E-state index contributed by atoms with van der Waals surface area (Å²) in [4.78, 5) is 20.7. The van der Waals surface area contributed by atoms with Crippen LogP contribution in [-0.4, -0.2) is 21.9 Å². The molecule has 4 nitrogen and oxygen atoms in total. The molecular weight excluding hydrogens is 274 g/mol. The lowest BCUT2D eigenvalue weighted by atomic mass is 10.2. The quantitative estimate of drug-likeness (QED) is 0.945. The van der Waals surface area contributed by atoms with Crippen LogP contribution in [0.25, 0.3) is 11.0 Å². The highest BCUT2D eigenvalue weighted by atomic mass is 35.5. The number of nitrogens with zero attached hydrogens (tertiary/aromatic N) is 2. The minimum absolute atomic E-state index is 0.0246. The zero-order chi connectivity index (χ0) is 13.9. The Morgan fingerprint density at radius 2 is 1.85 bits per heavy atom. The van der Waals surface area contributed by atoms with Gasteiger partial charge in [-0.3, -0.25) is 4.79 Å². The zero-order valence-corrected chi connectivity index (χ0v) is 11.9. The number of amides is 1. The average molecular weight is 290 g/mol.